The number of fused-ring (bicyclic) bond motifs is 1. The smallest absolute Gasteiger partial charge is 0.431 e. The number of amides is 2. The van der Waals surface area contributed by atoms with Crippen LogP contribution in [0, 0.1) is 0 Å². The summed E-state index contributed by atoms with van der Waals surface area (Å²) >= 11 is 1.60. The third-order valence-corrected chi connectivity index (χ3v) is 6.09. The van der Waals surface area contributed by atoms with Gasteiger partial charge in [0.05, 0.1) is 16.8 Å². The second-order valence-corrected chi connectivity index (χ2v) is 8.89. The molecule has 0 radical (unpaired) electrons. The van der Waals surface area contributed by atoms with Gasteiger partial charge >= 0.3 is 6.09 Å². The summed E-state index contributed by atoms with van der Waals surface area (Å²) < 4.78 is 0. The molecule has 2 amide bonds. The minimum Gasteiger partial charge on any atom is -0.463 e. The van der Waals surface area contributed by atoms with Crippen LogP contribution in [0.4, 0.5) is 16.2 Å². The van der Waals surface area contributed by atoms with E-state index in [1.54, 1.807) is 29.5 Å². The molecule has 0 aliphatic heterocycles. The molecule has 0 unspecified atom stereocenters. The Morgan fingerprint density at radius 2 is 1.85 bits per heavy atom. The molecule has 0 fully saturated rings. The van der Waals surface area contributed by atoms with Crippen LogP contribution in [0.2, 0.25) is 0 Å². The molecule has 2 aromatic carbocycles. The lowest BCUT2D eigenvalue weighted by Gasteiger charge is -2.20. The lowest BCUT2D eigenvalue weighted by molar-refractivity contribution is 0.0944. The largest absolute Gasteiger partial charge is 0.463 e. The molecule has 0 bridgehead atoms. The van der Waals surface area contributed by atoms with E-state index >= 15 is 0 Å². The highest BCUT2D eigenvalue weighted by molar-refractivity contribution is 7.13. The van der Waals surface area contributed by atoms with Crippen LogP contribution in [-0.4, -0.2) is 54.2 Å². The number of hydrogen-bond acceptors (Lipinski definition) is 6. The number of thiophene rings is 1. The van der Waals surface area contributed by atoms with Crippen molar-refractivity contribution in [1.29, 1.82) is 0 Å². The first-order valence-corrected chi connectivity index (χ1v) is 11.5. The van der Waals surface area contributed by atoms with Gasteiger partial charge < -0.3 is 15.3 Å². The van der Waals surface area contributed by atoms with Crippen LogP contribution < -0.4 is 15.8 Å². The van der Waals surface area contributed by atoms with E-state index in [9.17, 15) is 14.7 Å². The van der Waals surface area contributed by atoms with Crippen molar-refractivity contribution in [3.8, 4) is 10.4 Å². The zero-order chi connectivity index (χ0) is 24.1. The average Bonchev–Trinajstić information content (AvgIpc) is 3.37. The van der Waals surface area contributed by atoms with E-state index in [0.717, 1.165) is 45.1 Å². The van der Waals surface area contributed by atoms with Crippen molar-refractivity contribution in [3.05, 3.63) is 77.8 Å². The molecule has 8 nitrogen and oxygen atoms in total. The molecule has 34 heavy (non-hydrogen) atoms. The van der Waals surface area contributed by atoms with Gasteiger partial charge in [-0.15, -0.1) is 11.3 Å². The Kier molecular flexibility index (Phi) is 7.05. The Balaban J connectivity index is 1.48. The van der Waals surface area contributed by atoms with Crippen LogP contribution in [0.1, 0.15) is 10.4 Å². The number of carboxylic acid groups (broad SMARTS) is 1. The summed E-state index contributed by atoms with van der Waals surface area (Å²) in [7, 11) is 4.03. The molecule has 2 aromatic heterocycles. The summed E-state index contributed by atoms with van der Waals surface area (Å²) in [4.78, 5) is 32.2. The molecule has 4 rings (SSSR count). The van der Waals surface area contributed by atoms with Crippen molar-refractivity contribution in [2.45, 2.75) is 0 Å². The third-order valence-electron chi connectivity index (χ3n) is 5.17. The Morgan fingerprint density at radius 3 is 2.53 bits per heavy atom. The maximum atomic E-state index is 12.8. The normalized spacial score (nSPS) is 10.9. The van der Waals surface area contributed by atoms with Crippen LogP contribution in [0.25, 0.3) is 21.3 Å². The van der Waals surface area contributed by atoms with Gasteiger partial charge in [0, 0.05) is 35.2 Å². The number of carbonyl (C=O) groups is 2. The fourth-order valence-corrected chi connectivity index (χ4v) is 4.12. The van der Waals surface area contributed by atoms with Crippen molar-refractivity contribution in [2.75, 3.05) is 37.5 Å². The Bertz CT molecular complexity index is 1290. The molecule has 0 saturated carbocycles. The number of hydrazine groups is 1. The highest BCUT2D eigenvalue weighted by Gasteiger charge is 2.19. The number of carbonyl (C=O) groups excluding carboxylic acids is 1. The number of anilines is 2. The Morgan fingerprint density at radius 1 is 1.06 bits per heavy atom. The van der Waals surface area contributed by atoms with Crippen LogP contribution in [0.3, 0.4) is 0 Å². The Labute approximate surface area is 201 Å². The number of nitrogens with one attached hydrogen (secondary N) is 2. The van der Waals surface area contributed by atoms with E-state index in [0.29, 0.717) is 5.69 Å². The summed E-state index contributed by atoms with van der Waals surface area (Å²) in [6.45, 7) is 1.71. The van der Waals surface area contributed by atoms with Crippen LogP contribution in [0.5, 0.6) is 0 Å². The highest BCUT2D eigenvalue weighted by atomic mass is 32.1. The van der Waals surface area contributed by atoms with E-state index < -0.39 is 12.0 Å². The van der Waals surface area contributed by atoms with Gasteiger partial charge in [-0.25, -0.2) is 4.79 Å². The third kappa shape index (κ3) is 5.51. The molecule has 4 aromatic rings. The SMILES string of the molecule is CN(C)CCNc1ccc2cc(C(=O)NN(C(=O)O)c3ccc(-c4cccs4)cc3)cnc2c1. The van der Waals surface area contributed by atoms with Crippen molar-refractivity contribution in [1.82, 2.24) is 15.3 Å². The first-order chi connectivity index (χ1) is 16.4. The van der Waals surface area contributed by atoms with Gasteiger partial charge in [0.2, 0.25) is 0 Å². The van der Waals surface area contributed by atoms with Gasteiger partial charge in [-0.3, -0.25) is 15.2 Å². The fourth-order valence-electron chi connectivity index (χ4n) is 3.39. The van der Waals surface area contributed by atoms with E-state index in [-0.39, 0.29) is 5.56 Å². The predicted molar refractivity (Wildman–Crippen MR) is 137 cm³/mol. The second-order valence-electron chi connectivity index (χ2n) is 7.94. The summed E-state index contributed by atoms with van der Waals surface area (Å²) in [5.41, 5.74) is 5.73. The standard InChI is InChI=1S/C25H25N5O3S/c1-29(2)12-11-26-20-8-5-18-14-19(16-27-22(18)15-20)24(31)28-30(25(32)33)21-9-6-17(7-10-21)23-4-3-13-34-23/h3-10,13-16,26H,11-12H2,1-2H3,(H,28,31)(H,32,33). The topological polar surface area (TPSA) is 97.8 Å². The summed E-state index contributed by atoms with van der Waals surface area (Å²) in [6, 6.07) is 18.3. The van der Waals surface area contributed by atoms with Gasteiger partial charge in [-0.1, -0.05) is 24.3 Å². The molecule has 0 aliphatic carbocycles. The minimum absolute atomic E-state index is 0.266. The molecule has 0 aliphatic rings. The first-order valence-electron chi connectivity index (χ1n) is 10.7. The van der Waals surface area contributed by atoms with Crippen LogP contribution >= 0.6 is 11.3 Å². The summed E-state index contributed by atoms with van der Waals surface area (Å²) in [5, 5.41) is 16.6. The zero-order valence-electron chi connectivity index (χ0n) is 18.9. The number of hydrogen-bond donors (Lipinski definition) is 3. The molecular weight excluding hydrogens is 450 g/mol. The average molecular weight is 476 g/mol. The van der Waals surface area contributed by atoms with Gasteiger partial charge in [0.15, 0.2) is 0 Å². The predicted octanol–water partition coefficient (Wildman–Crippen LogP) is 4.77. The number of benzene rings is 2. The van der Waals surface area contributed by atoms with E-state index in [2.05, 4.69) is 20.6 Å². The number of pyridine rings is 1. The van der Waals surface area contributed by atoms with Gasteiger partial charge in [-0.2, -0.15) is 5.01 Å². The van der Waals surface area contributed by atoms with Crippen LogP contribution in [-0.2, 0) is 0 Å². The monoisotopic (exact) mass is 475 g/mol. The molecule has 2 heterocycles. The van der Waals surface area contributed by atoms with E-state index in [1.807, 2.05) is 61.9 Å². The Hall–Kier alpha value is -3.95. The van der Waals surface area contributed by atoms with Crippen molar-refractivity contribution >= 4 is 45.6 Å². The van der Waals surface area contributed by atoms with E-state index in [4.69, 9.17) is 0 Å². The molecule has 174 valence electrons. The second kappa shape index (κ2) is 10.3. The van der Waals surface area contributed by atoms with Crippen molar-refractivity contribution < 1.29 is 14.7 Å². The maximum Gasteiger partial charge on any atom is 0.431 e. The first kappa shape index (κ1) is 23.2. The van der Waals surface area contributed by atoms with Gasteiger partial charge in [-0.05, 0) is 61.4 Å². The molecule has 3 N–H and O–H groups in total. The number of likely N-dealkylation sites (N-methyl/N-ethyl adjacent to an activating group) is 1. The fraction of sp³-hybridized carbons (Fsp3) is 0.160. The van der Waals surface area contributed by atoms with Gasteiger partial charge in [0.25, 0.3) is 5.91 Å². The molecular formula is C25H25N5O3S. The number of aromatic nitrogens is 1. The van der Waals surface area contributed by atoms with Gasteiger partial charge in [0.1, 0.15) is 0 Å². The highest BCUT2D eigenvalue weighted by Crippen LogP contribution is 2.27. The lowest BCUT2D eigenvalue weighted by Crippen LogP contribution is -2.45. The molecule has 0 atom stereocenters. The quantitative estimate of drug-likeness (QED) is 0.333. The van der Waals surface area contributed by atoms with Crippen LogP contribution in [0.15, 0.2) is 72.2 Å². The molecule has 9 heteroatoms. The maximum absolute atomic E-state index is 12.8. The molecule has 0 spiro atoms. The van der Waals surface area contributed by atoms with Crippen molar-refractivity contribution in [3.63, 3.8) is 0 Å². The summed E-state index contributed by atoms with van der Waals surface area (Å²) in [5.74, 6) is -0.563. The number of rotatable bonds is 7. The zero-order valence-corrected chi connectivity index (χ0v) is 19.7. The lowest BCUT2D eigenvalue weighted by atomic mass is 10.1. The van der Waals surface area contributed by atoms with E-state index in [1.165, 1.54) is 6.20 Å². The molecule has 0 saturated heterocycles. The number of nitrogens with zero attached hydrogens (tertiary/aromatic N) is 3. The minimum atomic E-state index is -1.29. The van der Waals surface area contributed by atoms with Crippen molar-refractivity contribution in [2.24, 2.45) is 0 Å². The summed E-state index contributed by atoms with van der Waals surface area (Å²) in [6.07, 6.45) is 0.153.